The van der Waals surface area contributed by atoms with E-state index in [1.165, 1.54) is 25.0 Å². The number of nitrogens with zero attached hydrogens (tertiary/aromatic N) is 4. The zero-order chi connectivity index (χ0) is 17.9. The van der Waals surface area contributed by atoms with Crippen LogP contribution in [0, 0.1) is 12.8 Å². The van der Waals surface area contributed by atoms with Gasteiger partial charge in [0.25, 0.3) is 0 Å². The van der Waals surface area contributed by atoms with E-state index in [0.717, 1.165) is 53.4 Å². The molecule has 134 valence electrons. The maximum atomic E-state index is 4.71. The van der Waals surface area contributed by atoms with Gasteiger partial charge in [0.15, 0.2) is 0 Å². The second-order valence-electron chi connectivity index (χ2n) is 7.35. The van der Waals surface area contributed by atoms with E-state index in [1.807, 2.05) is 23.1 Å². The highest BCUT2D eigenvalue weighted by atomic mass is 15.3. The van der Waals surface area contributed by atoms with Gasteiger partial charge in [-0.1, -0.05) is 32.3 Å². The van der Waals surface area contributed by atoms with Crippen LogP contribution in [0.2, 0.25) is 0 Å². The highest BCUT2D eigenvalue weighted by molar-refractivity contribution is 5.64. The maximum Gasteiger partial charge on any atom is 0.0679 e. The minimum absolute atomic E-state index is 0.954. The van der Waals surface area contributed by atoms with Gasteiger partial charge < -0.3 is 0 Å². The van der Waals surface area contributed by atoms with Crippen LogP contribution >= 0.6 is 0 Å². The molecule has 3 aromatic heterocycles. The number of hydrogen-bond donors (Lipinski definition) is 0. The van der Waals surface area contributed by atoms with E-state index < -0.39 is 0 Å². The van der Waals surface area contributed by atoms with Crippen LogP contribution in [0.25, 0.3) is 16.8 Å². The summed E-state index contributed by atoms with van der Waals surface area (Å²) in [6.07, 6.45) is 13.2. The minimum atomic E-state index is 0.954. The number of pyridine rings is 2. The second-order valence-corrected chi connectivity index (χ2v) is 7.35. The van der Waals surface area contributed by atoms with Gasteiger partial charge in [0, 0.05) is 41.1 Å². The van der Waals surface area contributed by atoms with Crippen molar-refractivity contribution in [2.75, 3.05) is 0 Å². The van der Waals surface area contributed by atoms with Crippen molar-refractivity contribution in [1.82, 2.24) is 19.7 Å². The molecule has 4 heteroatoms. The molecule has 0 bridgehead atoms. The Morgan fingerprint density at radius 3 is 2.69 bits per heavy atom. The van der Waals surface area contributed by atoms with E-state index in [1.54, 1.807) is 0 Å². The van der Waals surface area contributed by atoms with Gasteiger partial charge >= 0.3 is 0 Å². The molecule has 3 aromatic rings. The van der Waals surface area contributed by atoms with E-state index in [9.17, 15) is 0 Å². The molecule has 0 unspecified atom stereocenters. The van der Waals surface area contributed by atoms with Crippen molar-refractivity contribution in [3.8, 4) is 16.8 Å². The number of rotatable bonds is 7. The normalized spacial score (nSPS) is 13.9. The Morgan fingerprint density at radius 2 is 1.96 bits per heavy atom. The average molecular weight is 346 g/mol. The lowest BCUT2D eigenvalue weighted by Gasteiger charge is -2.04. The smallest absolute Gasteiger partial charge is 0.0679 e. The van der Waals surface area contributed by atoms with Gasteiger partial charge in [0.2, 0.25) is 0 Å². The summed E-state index contributed by atoms with van der Waals surface area (Å²) in [6, 6.07) is 8.48. The third-order valence-corrected chi connectivity index (χ3v) is 5.11. The van der Waals surface area contributed by atoms with Gasteiger partial charge in [-0.15, -0.1) is 0 Å². The fraction of sp³-hybridized carbons (Fsp3) is 0.409. The highest BCUT2D eigenvalue weighted by Crippen LogP contribution is 2.33. The Kier molecular flexibility index (Phi) is 4.83. The minimum Gasteiger partial charge on any atom is -0.261 e. The molecule has 0 N–H and O–H groups in total. The van der Waals surface area contributed by atoms with Crippen molar-refractivity contribution in [3.63, 3.8) is 0 Å². The summed E-state index contributed by atoms with van der Waals surface area (Å²) in [4.78, 5) is 9.10. The maximum absolute atomic E-state index is 4.71. The van der Waals surface area contributed by atoms with Gasteiger partial charge in [-0.3, -0.25) is 9.97 Å². The van der Waals surface area contributed by atoms with Crippen molar-refractivity contribution in [3.05, 3.63) is 59.9 Å². The molecular weight excluding hydrogens is 320 g/mol. The first kappa shape index (κ1) is 17.0. The standard InChI is InChI=1S/C22H26N4/c1-3-4-20-13-21(11-12-23-20)26-15-22(16(2)25-26)18-8-10-19(24-14-18)9-7-17-5-6-17/h8,10-15,17H,3-7,9H2,1-2H3. The lowest BCUT2D eigenvalue weighted by molar-refractivity contribution is 0.714. The Balaban J connectivity index is 1.55. The molecule has 0 amide bonds. The van der Waals surface area contributed by atoms with Gasteiger partial charge in [0.05, 0.1) is 11.4 Å². The van der Waals surface area contributed by atoms with E-state index in [-0.39, 0.29) is 0 Å². The molecule has 0 spiro atoms. The van der Waals surface area contributed by atoms with E-state index in [0.29, 0.717) is 0 Å². The zero-order valence-electron chi connectivity index (χ0n) is 15.7. The van der Waals surface area contributed by atoms with Crippen molar-refractivity contribution in [2.45, 2.75) is 52.4 Å². The molecule has 0 aliphatic heterocycles. The van der Waals surface area contributed by atoms with Crippen molar-refractivity contribution in [2.24, 2.45) is 5.92 Å². The van der Waals surface area contributed by atoms with Gasteiger partial charge in [-0.05, 0) is 50.3 Å². The third-order valence-electron chi connectivity index (χ3n) is 5.11. The molecule has 4 rings (SSSR count). The summed E-state index contributed by atoms with van der Waals surface area (Å²) in [6.45, 7) is 4.23. The van der Waals surface area contributed by atoms with Crippen LogP contribution in [0.4, 0.5) is 0 Å². The number of aryl methyl sites for hydroxylation is 3. The molecule has 1 aliphatic carbocycles. The average Bonchev–Trinajstić information content (AvgIpc) is 3.41. The fourth-order valence-electron chi connectivity index (χ4n) is 3.37. The van der Waals surface area contributed by atoms with Crippen LogP contribution < -0.4 is 0 Å². The SMILES string of the molecule is CCCc1cc(-n2cc(-c3ccc(CCC4CC4)nc3)c(C)n2)ccn1. The Bertz CT molecular complexity index is 875. The Labute approximate surface area is 155 Å². The van der Waals surface area contributed by atoms with E-state index >= 15 is 0 Å². The third kappa shape index (κ3) is 3.85. The van der Waals surface area contributed by atoms with Crippen molar-refractivity contribution >= 4 is 0 Å². The zero-order valence-corrected chi connectivity index (χ0v) is 15.7. The summed E-state index contributed by atoms with van der Waals surface area (Å²) < 4.78 is 1.95. The van der Waals surface area contributed by atoms with Crippen LogP contribution in [-0.4, -0.2) is 19.7 Å². The van der Waals surface area contributed by atoms with Gasteiger partial charge in [-0.2, -0.15) is 5.10 Å². The molecule has 0 aromatic carbocycles. The summed E-state index contributed by atoms with van der Waals surface area (Å²) >= 11 is 0. The molecule has 0 radical (unpaired) electrons. The molecule has 4 nitrogen and oxygen atoms in total. The molecule has 26 heavy (non-hydrogen) atoms. The lowest BCUT2D eigenvalue weighted by atomic mass is 10.1. The molecule has 1 aliphatic rings. The number of aromatic nitrogens is 4. The van der Waals surface area contributed by atoms with Gasteiger partial charge in [-0.25, -0.2) is 4.68 Å². The summed E-state index contributed by atoms with van der Waals surface area (Å²) in [5.74, 6) is 0.954. The predicted octanol–water partition coefficient (Wildman–Crippen LogP) is 4.93. The first-order chi connectivity index (χ1) is 12.7. The topological polar surface area (TPSA) is 43.6 Å². The Morgan fingerprint density at radius 1 is 1.08 bits per heavy atom. The van der Waals surface area contributed by atoms with Crippen LogP contribution in [0.15, 0.2) is 42.9 Å². The van der Waals surface area contributed by atoms with Crippen LogP contribution in [0.5, 0.6) is 0 Å². The van der Waals surface area contributed by atoms with Crippen LogP contribution in [-0.2, 0) is 12.8 Å². The quantitative estimate of drug-likeness (QED) is 0.609. The summed E-state index contributed by atoms with van der Waals surface area (Å²) in [5, 5.41) is 4.71. The molecule has 0 atom stereocenters. The van der Waals surface area contributed by atoms with Crippen molar-refractivity contribution in [1.29, 1.82) is 0 Å². The number of hydrogen-bond acceptors (Lipinski definition) is 3. The molecule has 1 saturated carbocycles. The lowest BCUT2D eigenvalue weighted by Crippen LogP contribution is -1.98. The first-order valence-electron chi connectivity index (χ1n) is 9.70. The molecule has 1 fully saturated rings. The van der Waals surface area contributed by atoms with Gasteiger partial charge in [0.1, 0.15) is 0 Å². The summed E-state index contributed by atoms with van der Waals surface area (Å²) in [5.41, 5.74) is 6.66. The first-order valence-corrected chi connectivity index (χ1v) is 9.70. The fourth-order valence-corrected chi connectivity index (χ4v) is 3.37. The second kappa shape index (κ2) is 7.40. The van der Waals surface area contributed by atoms with E-state index in [4.69, 9.17) is 5.10 Å². The predicted molar refractivity (Wildman–Crippen MR) is 104 cm³/mol. The Hall–Kier alpha value is -2.49. The molecule has 0 saturated heterocycles. The molecule has 3 heterocycles. The van der Waals surface area contributed by atoms with Crippen LogP contribution in [0.3, 0.4) is 0 Å². The van der Waals surface area contributed by atoms with Crippen LogP contribution in [0.1, 0.15) is 49.7 Å². The summed E-state index contributed by atoms with van der Waals surface area (Å²) in [7, 11) is 0. The van der Waals surface area contributed by atoms with Crippen molar-refractivity contribution < 1.29 is 0 Å². The largest absolute Gasteiger partial charge is 0.261 e. The monoisotopic (exact) mass is 346 g/mol. The highest BCUT2D eigenvalue weighted by Gasteiger charge is 2.20. The van der Waals surface area contributed by atoms with E-state index in [2.05, 4.69) is 48.2 Å². The molecular formula is C22H26N4.